The van der Waals surface area contributed by atoms with E-state index in [0.29, 0.717) is 17.8 Å². The van der Waals surface area contributed by atoms with Crippen LogP contribution in [0.5, 0.6) is 0 Å². The Hall–Kier alpha value is -1.39. The first-order valence-corrected chi connectivity index (χ1v) is 7.20. The van der Waals surface area contributed by atoms with Gasteiger partial charge >= 0.3 is 0 Å². The Kier molecular flexibility index (Phi) is 4.78. The van der Waals surface area contributed by atoms with Gasteiger partial charge in [-0.25, -0.2) is 4.39 Å². The highest BCUT2D eigenvalue weighted by Crippen LogP contribution is 2.29. The van der Waals surface area contributed by atoms with Crippen molar-refractivity contribution in [2.75, 3.05) is 11.9 Å². The Bertz CT molecular complexity index is 601. The molecule has 0 bridgehead atoms. The van der Waals surface area contributed by atoms with Crippen molar-refractivity contribution in [3.8, 4) is 0 Å². The third-order valence-electron chi connectivity index (χ3n) is 3.17. The third kappa shape index (κ3) is 3.38. The highest BCUT2D eigenvalue weighted by atomic mass is 79.9. The zero-order chi connectivity index (χ0) is 14.7. The summed E-state index contributed by atoms with van der Waals surface area (Å²) in [5.74, 6) is -0.376. The average Bonchev–Trinajstić information content (AvgIpc) is 2.37. The van der Waals surface area contributed by atoms with E-state index in [1.807, 2.05) is 42.3 Å². The molecule has 1 N–H and O–H groups in total. The van der Waals surface area contributed by atoms with Gasteiger partial charge in [-0.15, -0.1) is 0 Å². The molecule has 0 aliphatic rings. The number of benzene rings is 2. The molecule has 1 atom stereocenters. The summed E-state index contributed by atoms with van der Waals surface area (Å²) in [4.78, 5) is 1.94. The fourth-order valence-electron chi connectivity index (χ4n) is 2.27. The summed E-state index contributed by atoms with van der Waals surface area (Å²) < 4.78 is 14.9. The van der Waals surface area contributed by atoms with Crippen LogP contribution in [0.15, 0.2) is 46.9 Å². The SMILES string of the molecule is CC(O)c1c(F)cccc1N(C)Cc1cccc(Br)c1. The van der Waals surface area contributed by atoms with Crippen LogP contribution in [0.4, 0.5) is 10.1 Å². The second-order valence-electron chi connectivity index (χ2n) is 4.83. The van der Waals surface area contributed by atoms with Crippen molar-refractivity contribution in [2.45, 2.75) is 19.6 Å². The first-order chi connectivity index (χ1) is 9.49. The standard InChI is InChI=1S/C16H17BrFNO/c1-11(20)16-14(18)7-4-8-15(16)19(2)10-12-5-3-6-13(17)9-12/h3-9,11,20H,10H2,1-2H3. The number of rotatable bonds is 4. The molecular weight excluding hydrogens is 321 g/mol. The number of anilines is 1. The van der Waals surface area contributed by atoms with Gasteiger partial charge in [0.25, 0.3) is 0 Å². The van der Waals surface area contributed by atoms with Gasteiger partial charge in [0.15, 0.2) is 0 Å². The molecular formula is C16H17BrFNO. The monoisotopic (exact) mass is 337 g/mol. The summed E-state index contributed by atoms with van der Waals surface area (Å²) in [6.45, 7) is 2.22. The maximum atomic E-state index is 13.9. The minimum atomic E-state index is -0.837. The Morgan fingerprint density at radius 3 is 2.60 bits per heavy atom. The molecule has 0 aliphatic carbocycles. The highest BCUT2D eigenvalue weighted by molar-refractivity contribution is 9.10. The van der Waals surface area contributed by atoms with Gasteiger partial charge in [0.05, 0.1) is 6.10 Å². The Morgan fingerprint density at radius 1 is 1.25 bits per heavy atom. The summed E-state index contributed by atoms with van der Waals surface area (Å²) in [5.41, 5.74) is 2.16. The highest BCUT2D eigenvalue weighted by Gasteiger charge is 2.16. The van der Waals surface area contributed by atoms with Gasteiger partial charge in [-0.05, 0) is 36.8 Å². The van der Waals surface area contributed by atoms with E-state index in [4.69, 9.17) is 0 Å². The van der Waals surface area contributed by atoms with Crippen LogP contribution in [0.3, 0.4) is 0 Å². The molecule has 2 aromatic rings. The van der Waals surface area contributed by atoms with Crippen molar-refractivity contribution in [3.05, 3.63) is 63.9 Å². The van der Waals surface area contributed by atoms with Crippen molar-refractivity contribution in [2.24, 2.45) is 0 Å². The molecule has 2 nitrogen and oxygen atoms in total. The minimum absolute atomic E-state index is 0.338. The number of hydrogen-bond donors (Lipinski definition) is 1. The molecule has 4 heteroatoms. The van der Waals surface area contributed by atoms with Gasteiger partial charge in [-0.1, -0.05) is 34.1 Å². The summed E-state index contributed by atoms with van der Waals surface area (Å²) in [6, 6.07) is 12.8. The van der Waals surface area contributed by atoms with Crippen LogP contribution >= 0.6 is 15.9 Å². The summed E-state index contributed by atoms with van der Waals surface area (Å²) in [5, 5.41) is 9.77. The van der Waals surface area contributed by atoms with Crippen LogP contribution in [-0.4, -0.2) is 12.2 Å². The van der Waals surface area contributed by atoms with E-state index in [-0.39, 0.29) is 5.82 Å². The lowest BCUT2D eigenvalue weighted by Gasteiger charge is -2.24. The van der Waals surface area contributed by atoms with E-state index in [1.165, 1.54) is 6.07 Å². The van der Waals surface area contributed by atoms with E-state index >= 15 is 0 Å². The second kappa shape index (κ2) is 6.37. The van der Waals surface area contributed by atoms with Crippen LogP contribution in [0.2, 0.25) is 0 Å². The lowest BCUT2D eigenvalue weighted by Crippen LogP contribution is -2.19. The lowest BCUT2D eigenvalue weighted by atomic mass is 10.1. The number of aliphatic hydroxyl groups is 1. The third-order valence-corrected chi connectivity index (χ3v) is 3.66. The fourth-order valence-corrected chi connectivity index (χ4v) is 2.71. The van der Waals surface area contributed by atoms with Gasteiger partial charge < -0.3 is 10.0 Å². The normalized spacial score (nSPS) is 12.2. The fraction of sp³-hybridized carbons (Fsp3) is 0.250. The molecule has 2 aromatic carbocycles. The molecule has 20 heavy (non-hydrogen) atoms. The van der Waals surface area contributed by atoms with Crippen molar-refractivity contribution in [1.82, 2.24) is 0 Å². The van der Waals surface area contributed by atoms with E-state index in [2.05, 4.69) is 15.9 Å². The molecule has 0 radical (unpaired) electrons. The van der Waals surface area contributed by atoms with Gasteiger partial charge in [0.2, 0.25) is 0 Å². The van der Waals surface area contributed by atoms with Crippen molar-refractivity contribution in [3.63, 3.8) is 0 Å². The maximum absolute atomic E-state index is 13.9. The van der Waals surface area contributed by atoms with E-state index in [1.54, 1.807) is 13.0 Å². The van der Waals surface area contributed by atoms with Crippen molar-refractivity contribution in [1.29, 1.82) is 0 Å². The lowest BCUT2D eigenvalue weighted by molar-refractivity contribution is 0.194. The molecule has 0 saturated carbocycles. The average molecular weight is 338 g/mol. The number of halogens is 2. The van der Waals surface area contributed by atoms with Crippen LogP contribution in [-0.2, 0) is 6.54 Å². The van der Waals surface area contributed by atoms with E-state index in [9.17, 15) is 9.50 Å². The molecule has 106 valence electrons. The first kappa shape index (κ1) is 15.0. The molecule has 0 saturated heterocycles. The Morgan fingerprint density at radius 2 is 1.95 bits per heavy atom. The molecule has 0 amide bonds. The van der Waals surface area contributed by atoms with Crippen molar-refractivity contribution < 1.29 is 9.50 Å². The quantitative estimate of drug-likeness (QED) is 0.900. The predicted octanol–water partition coefficient (Wildman–Crippen LogP) is 4.28. The maximum Gasteiger partial charge on any atom is 0.131 e. The Balaban J connectivity index is 2.30. The van der Waals surface area contributed by atoms with Gasteiger partial charge in [-0.3, -0.25) is 0 Å². The number of nitrogens with zero attached hydrogens (tertiary/aromatic N) is 1. The molecule has 0 fully saturated rings. The summed E-state index contributed by atoms with van der Waals surface area (Å²) >= 11 is 3.44. The summed E-state index contributed by atoms with van der Waals surface area (Å²) in [7, 11) is 1.89. The number of hydrogen-bond acceptors (Lipinski definition) is 2. The molecule has 0 heterocycles. The molecule has 0 aromatic heterocycles. The zero-order valence-corrected chi connectivity index (χ0v) is 13.1. The largest absolute Gasteiger partial charge is 0.389 e. The first-order valence-electron chi connectivity index (χ1n) is 6.41. The minimum Gasteiger partial charge on any atom is -0.389 e. The topological polar surface area (TPSA) is 23.5 Å². The van der Waals surface area contributed by atoms with Crippen LogP contribution in [0.25, 0.3) is 0 Å². The second-order valence-corrected chi connectivity index (χ2v) is 5.75. The van der Waals surface area contributed by atoms with Crippen LogP contribution in [0, 0.1) is 5.82 Å². The molecule has 1 unspecified atom stereocenters. The zero-order valence-electron chi connectivity index (χ0n) is 11.5. The van der Waals surface area contributed by atoms with Gasteiger partial charge in [0.1, 0.15) is 5.82 Å². The van der Waals surface area contributed by atoms with Gasteiger partial charge in [-0.2, -0.15) is 0 Å². The van der Waals surface area contributed by atoms with E-state index in [0.717, 1.165) is 10.0 Å². The smallest absolute Gasteiger partial charge is 0.131 e. The Labute approximate surface area is 127 Å². The number of aliphatic hydroxyl groups excluding tert-OH is 1. The summed E-state index contributed by atoms with van der Waals surface area (Å²) in [6.07, 6.45) is -0.837. The molecule has 0 spiro atoms. The van der Waals surface area contributed by atoms with Crippen molar-refractivity contribution >= 4 is 21.6 Å². The predicted molar refractivity (Wildman–Crippen MR) is 83.3 cm³/mol. The van der Waals surface area contributed by atoms with Gasteiger partial charge in [0, 0.05) is 29.3 Å². The van der Waals surface area contributed by atoms with Crippen LogP contribution in [0.1, 0.15) is 24.2 Å². The van der Waals surface area contributed by atoms with E-state index < -0.39 is 6.10 Å². The van der Waals surface area contributed by atoms with Crippen LogP contribution < -0.4 is 4.90 Å². The molecule has 2 rings (SSSR count). The molecule has 0 aliphatic heterocycles.